The second kappa shape index (κ2) is 7.41. The van der Waals surface area contributed by atoms with Crippen LogP contribution in [0.15, 0.2) is 96.8 Å². The van der Waals surface area contributed by atoms with Crippen molar-refractivity contribution in [2.75, 3.05) is 13.2 Å². The standard InChI is InChI=1S/C20H18N2O3Si/c1-9-21-10-2-18(1)26(19-3-11-22-12-4-19,20-7-15-24-16-8-20)25-17-5-13-23-14-6-17/h1-13,15H,14,16H2. The van der Waals surface area contributed by atoms with Gasteiger partial charge < -0.3 is 13.9 Å². The SMILES string of the molecule is C1=CC(O[Si](C2=CCOC=C2)(c2ccncc2)c2ccncc2)=CCO1. The molecule has 0 aromatic carbocycles. The van der Waals surface area contributed by atoms with Gasteiger partial charge in [-0.3, -0.25) is 9.97 Å². The highest BCUT2D eigenvalue weighted by Crippen LogP contribution is 2.25. The molecule has 2 aliphatic rings. The Balaban J connectivity index is 1.93. The van der Waals surface area contributed by atoms with Gasteiger partial charge in [-0.2, -0.15) is 0 Å². The highest BCUT2D eigenvalue weighted by atomic mass is 28.4. The molecule has 0 aliphatic carbocycles. The summed E-state index contributed by atoms with van der Waals surface area (Å²) in [5.74, 6) is 0.803. The van der Waals surface area contributed by atoms with Gasteiger partial charge >= 0.3 is 8.32 Å². The Bertz CT molecular complexity index is 837. The number of hydrogen-bond acceptors (Lipinski definition) is 5. The minimum Gasteiger partial charge on any atom is -0.530 e. The smallest absolute Gasteiger partial charge is 0.347 e. The van der Waals surface area contributed by atoms with Crippen molar-refractivity contribution in [1.29, 1.82) is 0 Å². The van der Waals surface area contributed by atoms with E-state index in [2.05, 4.69) is 16.0 Å². The highest BCUT2D eigenvalue weighted by Gasteiger charge is 2.45. The van der Waals surface area contributed by atoms with E-state index >= 15 is 0 Å². The van der Waals surface area contributed by atoms with Crippen LogP contribution in [0, 0.1) is 0 Å². The predicted molar refractivity (Wildman–Crippen MR) is 101 cm³/mol. The third-order valence-electron chi connectivity index (χ3n) is 4.30. The molecule has 0 unspecified atom stereocenters. The molecule has 0 bridgehead atoms. The predicted octanol–water partition coefficient (Wildman–Crippen LogP) is 1.99. The quantitative estimate of drug-likeness (QED) is 0.762. The minimum absolute atomic E-state index is 0.501. The second-order valence-electron chi connectivity index (χ2n) is 5.79. The van der Waals surface area contributed by atoms with Crippen LogP contribution in [-0.4, -0.2) is 31.5 Å². The number of aromatic nitrogens is 2. The van der Waals surface area contributed by atoms with Gasteiger partial charge in [-0.25, -0.2) is 0 Å². The first-order valence-electron chi connectivity index (χ1n) is 8.37. The van der Waals surface area contributed by atoms with Crippen LogP contribution < -0.4 is 10.4 Å². The van der Waals surface area contributed by atoms with Gasteiger partial charge in [0, 0.05) is 30.9 Å². The number of nitrogens with zero attached hydrogens (tertiary/aromatic N) is 2. The summed E-state index contributed by atoms with van der Waals surface area (Å²) >= 11 is 0. The lowest BCUT2D eigenvalue weighted by Crippen LogP contribution is -2.62. The van der Waals surface area contributed by atoms with Gasteiger partial charge in [0.2, 0.25) is 0 Å². The molecule has 5 nitrogen and oxygen atoms in total. The molecule has 2 aromatic rings. The monoisotopic (exact) mass is 362 g/mol. The molecule has 2 aliphatic heterocycles. The Morgan fingerprint density at radius 1 is 0.769 bits per heavy atom. The Morgan fingerprint density at radius 3 is 1.85 bits per heavy atom. The average Bonchev–Trinajstić information content (AvgIpc) is 2.75. The Kier molecular flexibility index (Phi) is 4.66. The maximum Gasteiger partial charge on any atom is 0.347 e. The molecule has 26 heavy (non-hydrogen) atoms. The fourth-order valence-electron chi connectivity index (χ4n) is 3.12. The fourth-order valence-corrected chi connectivity index (χ4v) is 6.88. The molecule has 4 rings (SSSR count). The molecule has 130 valence electrons. The van der Waals surface area contributed by atoms with Gasteiger partial charge in [0.1, 0.15) is 19.0 Å². The van der Waals surface area contributed by atoms with E-state index in [9.17, 15) is 0 Å². The topological polar surface area (TPSA) is 53.5 Å². The van der Waals surface area contributed by atoms with Crippen LogP contribution in [0.3, 0.4) is 0 Å². The van der Waals surface area contributed by atoms with E-state index in [0.29, 0.717) is 13.2 Å². The Hall–Kier alpha value is -3.12. The van der Waals surface area contributed by atoms with Gasteiger partial charge in [-0.15, -0.1) is 0 Å². The van der Waals surface area contributed by atoms with Gasteiger partial charge in [0.15, 0.2) is 0 Å². The van der Waals surface area contributed by atoms with Crippen LogP contribution in [0.4, 0.5) is 0 Å². The lowest BCUT2D eigenvalue weighted by Gasteiger charge is -2.35. The molecule has 0 amide bonds. The van der Waals surface area contributed by atoms with Crippen molar-refractivity contribution < 1.29 is 13.9 Å². The zero-order valence-electron chi connectivity index (χ0n) is 14.1. The Labute approximate surface area is 153 Å². The number of ether oxygens (including phenoxy) is 2. The highest BCUT2D eigenvalue weighted by molar-refractivity contribution is 7.03. The minimum atomic E-state index is -2.80. The van der Waals surface area contributed by atoms with Crippen molar-refractivity contribution in [3.05, 3.63) is 96.8 Å². The first-order valence-corrected chi connectivity index (χ1v) is 10.3. The summed E-state index contributed by atoms with van der Waals surface area (Å²) in [6.45, 7) is 1.03. The van der Waals surface area contributed by atoms with Gasteiger partial charge in [-0.05, 0) is 58.1 Å². The molecule has 4 heterocycles. The first kappa shape index (κ1) is 16.4. The van der Waals surface area contributed by atoms with Gasteiger partial charge in [0.25, 0.3) is 0 Å². The summed E-state index contributed by atoms with van der Waals surface area (Å²) in [5.41, 5.74) is 0. The third-order valence-corrected chi connectivity index (χ3v) is 8.32. The van der Waals surface area contributed by atoms with E-state index in [1.165, 1.54) is 0 Å². The lowest BCUT2D eigenvalue weighted by atomic mass is 10.4. The molecule has 2 aromatic heterocycles. The van der Waals surface area contributed by atoms with Crippen molar-refractivity contribution in [3.63, 3.8) is 0 Å². The van der Waals surface area contributed by atoms with Crippen molar-refractivity contribution in [2.45, 2.75) is 0 Å². The maximum atomic E-state index is 6.79. The zero-order valence-corrected chi connectivity index (χ0v) is 15.1. The average molecular weight is 362 g/mol. The molecule has 0 radical (unpaired) electrons. The van der Waals surface area contributed by atoms with Crippen molar-refractivity contribution in [2.24, 2.45) is 0 Å². The van der Waals surface area contributed by atoms with Crippen LogP contribution in [0.25, 0.3) is 0 Å². The van der Waals surface area contributed by atoms with Crippen molar-refractivity contribution in [3.8, 4) is 0 Å². The van der Waals surface area contributed by atoms with E-state index in [4.69, 9.17) is 13.9 Å². The molecular formula is C20H18N2O3Si. The fraction of sp³-hybridized carbons (Fsp3) is 0.100. The normalized spacial score (nSPS) is 16.2. The largest absolute Gasteiger partial charge is 0.530 e. The van der Waals surface area contributed by atoms with Gasteiger partial charge in [-0.1, -0.05) is 0 Å². The molecule has 0 spiro atoms. The van der Waals surface area contributed by atoms with Crippen LogP contribution in [0.5, 0.6) is 0 Å². The van der Waals surface area contributed by atoms with E-state index in [1.54, 1.807) is 37.3 Å². The maximum absolute atomic E-state index is 6.79. The second-order valence-corrected chi connectivity index (χ2v) is 9.09. The number of pyridine rings is 2. The summed E-state index contributed by atoms with van der Waals surface area (Å²) in [4.78, 5) is 8.38. The van der Waals surface area contributed by atoms with Crippen LogP contribution in [0.2, 0.25) is 0 Å². The zero-order chi connectivity index (χ0) is 17.7. The summed E-state index contributed by atoms with van der Waals surface area (Å²) in [5, 5.41) is 3.34. The molecule has 0 saturated heterocycles. The molecular weight excluding hydrogens is 344 g/mol. The number of hydrogen-bond donors (Lipinski definition) is 0. The van der Waals surface area contributed by atoms with E-state index < -0.39 is 8.32 Å². The van der Waals surface area contributed by atoms with Crippen LogP contribution in [0.1, 0.15) is 0 Å². The van der Waals surface area contributed by atoms with Crippen LogP contribution in [-0.2, 0) is 13.9 Å². The summed E-state index contributed by atoms with van der Waals surface area (Å²) < 4.78 is 17.5. The molecule has 0 N–H and O–H groups in total. The molecule has 6 heteroatoms. The van der Waals surface area contributed by atoms with E-state index in [1.807, 2.05) is 42.5 Å². The molecule has 0 fully saturated rings. The Morgan fingerprint density at radius 2 is 1.35 bits per heavy atom. The summed E-state index contributed by atoms with van der Waals surface area (Å²) in [6.07, 6.45) is 18.5. The van der Waals surface area contributed by atoms with Crippen molar-refractivity contribution >= 4 is 18.7 Å². The van der Waals surface area contributed by atoms with Gasteiger partial charge in [0.05, 0.1) is 12.5 Å². The molecule has 0 atom stereocenters. The van der Waals surface area contributed by atoms with Crippen LogP contribution >= 0.6 is 0 Å². The lowest BCUT2D eigenvalue weighted by molar-refractivity contribution is 0.273. The third kappa shape index (κ3) is 3.06. The van der Waals surface area contributed by atoms with E-state index in [0.717, 1.165) is 21.3 Å². The summed E-state index contributed by atoms with van der Waals surface area (Å²) in [6, 6.07) is 8.11. The summed E-state index contributed by atoms with van der Waals surface area (Å²) in [7, 11) is -2.80. The van der Waals surface area contributed by atoms with E-state index in [-0.39, 0.29) is 0 Å². The molecule has 0 saturated carbocycles. The first-order chi connectivity index (χ1) is 12.9. The number of rotatable bonds is 5. The van der Waals surface area contributed by atoms with Crippen molar-refractivity contribution in [1.82, 2.24) is 9.97 Å². The number of allylic oxidation sites excluding steroid dienone is 3.